The zero-order valence-electron chi connectivity index (χ0n) is 22.4. The fourth-order valence-electron chi connectivity index (χ4n) is 4.34. The molecule has 0 unspecified atom stereocenters. The summed E-state index contributed by atoms with van der Waals surface area (Å²) in [5.41, 5.74) is 6.82. The van der Waals surface area contributed by atoms with E-state index in [4.69, 9.17) is 27.9 Å². The van der Waals surface area contributed by atoms with Crippen LogP contribution in [0.15, 0.2) is 82.8 Å². The molecule has 0 saturated heterocycles. The average molecular weight is 600 g/mol. The minimum Gasteiger partial charge on any atom is -0.495 e. The molecule has 0 aliphatic carbocycles. The standard InChI is InChI=1S/C29H28Cl2N4O4S/c1-19-10-11-28(39-4)27(12-19)34(40(37,38)26-8-6-5-7-9-26)18-29(36)33-32-17-22-13-20(2)35(21(22)3)25-15-23(30)14-24(31)16-25/h5-17H,18H2,1-4H3,(H,33,36)/b32-17-. The van der Waals surface area contributed by atoms with Gasteiger partial charge < -0.3 is 9.30 Å². The molecule has 40 heavy (non-hydrogen) atoms. The second kappa shape index (κ2) is 12.2. The molecule has 0 spiro atoms. The molecule has 0 saturated carbocycles. The topological polar surface area (TPSA) is 93.0 Å². The van der Waals surface area contributed by atoms with E-state index in [1.807, 2.05) is 31.4 Å². The number of hydrogen-bond donors (Lipinski definition) is 1. The molecule has 4 rings (SSSR count). The fourth-order valence-corrected chi connectivity index (χ4v) is 6.30. The van der Waals surface area contributed by atoms with Crippen molar-refractivity contribution in [2.75, 3.05) is 18.0 Å². The van der Waals surface area contributed by atoms with Gasteiger partial charge in [0, 0.05) is 32.7 Å². The number of aryl methyl sites for hydroxylation is 2. The lowest BCUT2D eigenvalue weighted by Gasteiger charge is -2.25. The predicted molar refractivity (Wildman–Crippen MR) is 160 cm³/mol. The Balaban J connectivity index is 1.60. The number of ether oxygens (including phenoxy) is 1. The number of nitrogens with zero attached hydrogens (tertiary/aromatic N) is 3. The Kier molecular flexibility index (Phi) is 8.88. The van der Waals surface area contributed by atoms with E-state index >= 15 is 0 Å². The fraction of sp³-hybridized carbons (Fsp3) is 0.172. The first-order valence-electron chi connectivity index (χ1n) is 12.2. The van der Waals surface area contributed by atoms with Crippen molar-refractivity contribution >= 4 is 51.0 Å². The van der Waals surface area contributed by atoms with Gasteiger partial charge in [0.15, 0.2) is 0 Å². The lowest BCUT2D eigenvalue weighted by molar-refractivity contribution is -0.119. The van der Waals surface area contributed by atoms with Gasteiger partial charge in [0.2, 0.25) is 0 Å². The number of aromatic nitrogens is 1. The van der Waals surface area contributed by atoms with E-state index in [0.29, 0.717) is 15.8 Å². The van der Waals surface area contributed by atoms with Crippen molar-refractivity contribution < 1.29 is 17.9 Å². The number of amides is 1. The lowest BCUT2D eigenvalue weighted by Crippen LogP contribution is -2.39. The van der Waals surface area contributed by atoms with Crippen LogP contribution in [0.25, 0.3) is 5.69 Å². The van der Waals surface area contributed by atoms with Crippen LogP contribution in [0.2, 0.25) is 10.0 Å². The van der Waals surface area contributed by atoms with E-state index in [0.717, 1.165) is 32.5 Å². The van der Waals surface area contributed by atoms with Crippen LogP contribution in [0.1, 0.15) is 22.5 Å². The number of sulfonamides is 1. The molecule has 208 valence electrons. The number of anilines is 1. The first-order chi connectivity index (χ1) is 19.0. The van der Waals surface area contributed by atoms with Crippen LogP contribution in [-0.4, -0.2) is 38.8 Å². The third-order valence-corrected chi connectivity index (χ3v) is 8.40. The number of hydrogen-bond acceptors (Lipinski definition) is 5. The molecule has 0 fully saturated rings. The number of benzene rings is 3. The molecule has 1 N–H and O–H groups in total. The number of carbonyl (C=O) groups excluding carboxylic acids is 1. The van der Waals surface area contributed by atoms with Crippen molar-refractivity contribution in [1.82, 2.24) is 9.99 Å². The Bertz CT molecular complexity index is 1670. The molecule has 3 aromatic carbocycles. The van der Waals surface area contributed by atoms with Gasteiger partial charge in [-0.25, -0.2) is 13.8 Å². The minimum atomic E-state index is -4.11. The summed E-state index contributed by atoms with van der Waals surface area (Å²) in [6.07, 6.45) is 1.51. The van der Waals surface area contributed by atoms with E-state index in [2.05, 4.69) is 10.5 Å². The van der Waals surface area contributed by atoms with E-state index in [-0.39, 0.29) is 10.6 Å². The molecule has 1 aromatic heterocycles. The largest absolute Gasteiger partial charge is 0.495 e. The third-order valence-electron chi connectivity index (χ3n) is 6.19. The van der Waals surface area contributed by atoms with Crippen LogP contribution < -0.4 is 14.5 Å². The lowest BCUT2D eigenvalue weighted by atomic mass is 10.2. The van der Waals surface area contributed by atoms with E-state index in [1.165, 1.54) is 25.5 Å². The Morgan fingerprint density at radius 2 is 1.68 bits per heavy atom. The van der Waals surface area contributed by atoms with Gasteiger partial charge >= 0.3 is 0 Å². The van der Waals surface area contributed by atoms with Gasteiger partial charge in [0.1, 0.15) is 12.3 Å². The minimum absolute atomic E-state index is 0.0448. The second-order valence-electron chi connectivity index (χ2n) is 9.08. The molecule has 11 heteroatoms. The van der Waals surface area contributed by atoms with Crippen molar-refractivity contribution in [3.8, 4) is 11.4 Å². The molecule has 0 atom stereocenters. The summed E-state index contributed by atoms with van der Waals surface area (Å²) in [7, 11) is -2.66. The van der Waals surface area contributed by atoms with Crippen LogP contribution in [0.4, 0.5) is 5.69 Å². The number of carbonyl (C=O) groups is 1. The first kappa shape index (κ1) is 29.2. The van der Waals surface area contributed by atoms with Gasteiger partial charge in [-0.3, -0.25) is 9.10 Å². The van der Waals surface area contributed by atoms with Gasteiger partial charge in [-0.15, -0.1) is 0 Å². The molecular weight excluding hydrogens is 571 g/mol. The summed E-state index contributed by atoms with van der Waals surface area (Å²) >= 11 is 12.4. The Morgan fingerprint density at radius 3 is 2.33 bits per heavy atom. The summed E-state index contributed by atoms with van der Waals surface area (Å²) in [6.45, 7) is 5.14. The van der Waals surface area contributed by atoms with Crippen molar-refractivity contribution in [1.29, 1.82) is 0 Å². The smallest absolute Gasteiger partial charge is 0.264 e. The molecule has 0 aliphatic heterocycles. The van der Waals surface area contributed by atoms with E-state index in [1.54, 1.807) is 54.6 Å². The molecule has 0 aliphatic rings. The Labute approximate surface area is 243 Å². The van der Waals surface area contributed by atoms with Gasteiger partial charge in [0.25, 0.3) is 15.9 Å². The highest BCUT2D eigenvalue weighted by molar-refractivity contribution is 7.92. The molecule has 0 radical (unpaired) electrons. The predicted octanol–water partition coefficient (Wildman–Crippen LogP) is 6.06. The third kappa shape index (κ3) is 6.33. The van der Waals surface area contributed by atoms with Crippen LogP contribution in [0, 0.1) is 20.8 Å². The number of rotatable bonds is 9. The number of methoxy groups -OCH3 is 1. The van der Waals surface area contributed by atoms with Crippen molar-refractivity contribution in [3.63, 3.8) is 0 Å². The molecule has 1 heterocycles. The van der Waals surface area contributed by atoms with Gasteiger partial charge in [-0.2, -0.15) is 5.10 Å². The average Bonchev–Trinajstić information content (AvgIpc) is 3.19. The maximum atomic E-state index is 13.6. The van der Waals surface area contributed by atoms with Gasteiger partial charge in [-0.1, -0.05) is 47.5 Å². The molecule has 4 aromatic rings. The highest BCUT2D eigenvalue weighted by Gasteiger charge is 2.29. The summed E-state index contributed by atoms with van der Waals surface area (Å²) in [5, 5.41) is 5.13. The first-order valence-corrected chi connectivity index (χ1v) is 14.4. The number of halogens is 2. The summed E-state index contributed by atoms with van der Waals surface area (Å²) < 4.78 is 35.7. The Morgan fingerprint density at radius 1 is 1.00 bits per heavy atom. The van der Waals surface area contributed by atoms with Crippen molar-refractivity contribution in [2.24, 2.45) is 5.10 Å². The SMILES string of the molecule is COc1ccc(C)cc1N(CC(=O)N/N=C\c1cc(C)n(-c2cc(Cl)cc(Cl)c2)c1C)S(=O)(=O)c1ccccc1. The van der Waals surface area contributed by atoms with Crippen LogP contribution >= 0.6 is 23.2 Å². The maximum absolute atomic E-state index is 13.6. The molecule has 0 bridgehead atoms. The van der Waals surface area contributed by atoms with Gasteiger partial charge in [0.05, 0.1) is 23.9 Å². The summed E-state index contributed by atoms with van der Waals surface area (Å²) in [6, 6.07) is 20.2. The quantitative estimate of drug-likeness (QED) is 0.187. The van der Waals surface area contributed by atoms with E-state index in [9.17, 15) is 13.2 Å². The molecular formula is C29H28Cl2N4O4S. The summed E-state index contributed by atoms with van der Waals surface area (Å²) in [5.74, 6) is -0.315. The zero-order valence-corrected chi connectivity index (χ0v) is 24.7. The van der Waals surface area contributed by atoms with Crippen LogP contribution in [0.3, 0.4) is 0 Å². The zero-order chi connectivity index (χ0) is 29.0. The Hall–Kier alpha value is -3.79. The molecule has 8 nitrogen and oxygen atoms in total. The normalized spacial score (nSPS) is 11.6. The van der Waals surface area contributed by atoms with Crippen molar-refractivity contribution in [3.05, 3.63) is 105 Å². The van der Waals surface area contributed by atoms with Crippen molar-refractivity contribution in [2.45, 2.75) is 25.7 Å². The monoisotopic (exact) mass is 598 g/mol. The molecule has 1 amide bonds. The second-order valence-corrected chi connectivity index (χ2v) is 11.8. The van der Waals surface area contributed by atoms with E-state index < -0.39 is 22.5 Å². The number of nitrogens with one attached hydrogen (secondary N) is 1. The van der Waals surface area contributed by atoms with Gasteiger partial charge in [-0.05, 0) is 74.9 Å². The highest BCUT2D eigenvalue weighted by atomic mass is 35.5. The van der Waals surface area contributed by atoms with Crippen LogP contribution in [-0.2, 0) is 14.8 Å². The maximum Gasteiger partial charge on any atom is 0.264 e. The summed E-state index contributed by atoms with van der Waals surface area (Å²) in [4.78, 5) is 13.1. The number of hydrazone groups is 1. The van der Waals surface area contributed by atoms with Crippen LogP contribution in [0.5, 0.6) is 5.75 Å². The highest BCUT2D eigenvalue weighted by Crippen LogP contribution is 2.33.